The molecule has 7 nitrogen and oxygen atoms in total. The number of cyclic esters (lactones) is 1. The number of rotatable bonds is 2. The average Bonchev–Trinajstić information content (AvgIpc) is 3.69. The van der Waals surface area contributed by atoms with E-state index < -0.39 is 34.4 Å². The van der Waals surface area contributed by atoms with Crippen LogP contribution in [0.15, 0.2) is 23.3 Å². The van der Waals surface area contributed by atoms with Crippen LogP contribution in [0.1, 0.15) is 66.7 Å². The number of carbonyl (C=O) groups excluding carboxylic acids is 2. The number of carbonyl (C=O) groups is 2. The molecule has 12 atom stereocenters. The minimum Gasteiger partial charge on any atom is -0.455 e. The van der Waals surface area contributed by atoms with Crippen molar-refractivity contribution in [3.63, 3.8) is 0 Å². The first-order valence-corrected chi connectivity index (χ1v) is 13.2. The van der Waals surface area contributed by atoms with Crippen LogP contribution in [0.2, 0.25) is 0 Å². The quantitative estimate of drug-likeness (QED) is 0.458. The number of fused-ring (bicyclic) bond motifs is 6. The Balaban J connectivity index is 1.24. The first kappa shape index (κ1) is 22.6. The van der Waals surface area contributed by atoms with E-state index in [-0.39, 0.29) is 47.1 Å². The molecule has 7 rings (SSSR count). The number of epoxide rings is 2. The van der Waals surface area contributed by atoms with Crippen LogP contribution in [0.4, 0.5) is 0 Å². The SMILES string of the molecule is CC1=C(C)C(=O)OC(C(C)(O)C23OC2CC2C4CC5OC56C(O)C=CC(=O)C6(C)C4CCC23C)C1. The van der Waals surface area contributed by atoms with Crippen LogP contribution in [0.3, 0.4) is 0 Å². The summed E-state index contributed by atoms with van der Waals surface area (Å²) in [7, 11) is 0. The summed E-state index contributed by atoms with van der Waals surface area (Å²) in [5, 5.41) is 22.9. The second kappa shape index (κ2) is 6.29. The molecule has 35 heavy (non-hydrogen) atoms. The van der Waals surface area contributed by atoms with Crippen molar-refractivity contribution in [2.24, 2.45) is 28.6 Å². The molecule has 2 N–H and O–H groups in total. The largest absolute Gasteiger partial charge is 0.455 e. The summed E-state index contributed by atoms with van der Waals surface area (Å²) >= 11 is 0. The number of aliphatic hydroxyl groups is 2. The van der Waals surface area contributed by atoms with E-state index in [0.29, 0.717) is 12.0 Å². The summed E-state index contributed by atoms with van der Waals surface area (Å²) < 4.78 is 18.4. The van der Waals surface area contributed by atoms with E-state index >= 15 is 0 Å². The van der Waals surface area contributed by atoms with Gasteiger partial charge in [0.1, 0.15) is 29.0 Å². The Kier molecular flexibility index (Phi) is 4.07. The van der Waals surface area contributed by atoms with Gasteiger partial charge in [0.25, 0.3) is 0 Å². The minimum absolute atomic E-state index is 0.0662. The van der Waals surface area contributed by atoms with E-state index in [0.717, 1.165) is 31.3 Å². The van der Waals surface area contributed by atoms with Crippen molar-refractivity contribution in [1.29, 1.82) is 0 Å². The van der Waals surface area contributed by atoms with Gasteiger partial charge < -0.3 is 24.4 Å². The number of ketones is 1. The third kappa shape index (κ3) is 2.22. The van der Waals surface area contributed by atoms with Crippen LogP contribution in [0, 0.1) is 28.6 Å². The molecule has 0 radical (unpaired) electrons. The molecule has 0 aromatic rings. The van der Waals surface area contributed by atoms with Gasteiger partial charge in [-0.1, -0.05) is 12.5 Å². The van der Waals surface area contributed by atoms with Crippen molar-refractivity contribution in [3.8, 4) is 0 Å². The maximum absolute atomic E-state index is 13.3. The molecular weight excluding hydrogens is 448 g/mol. The molecule has 3 heterocycles. The molecule has 7 heteroatoms. The molecule has 1 spiro atoms. The smallest absolute Gasteiger partial charge is 0.334 e. The molecule has 0 amide bonds. The highest BCUT2D eigenvalue weighted by Crippen LogP contribution is 2.78. The number of allylic oxidation sites excluding steroid dienone is 1. The molecule has 190 valence electrons. The van der Waals surface area contributed by atoms with E-state index in [1.165, 1.54) is 0 Å². The molecule has 3 aliphatic heterocycles. The summed E-state index contributed by atoms with van der Waals surface area (Å²) in [5.41, 5.74) is -2.36. The summed E-state index contributed by atoms with van der Waals surface area (Å²) in [6.07, 6.45) is 5.32. The highest BCUT2D eigenvalue weighted by Gasteiger charge is 2.87. The number of esters is 1. The van der Waals surface area contributed by atoms with Crippen LogP contribution in [0.5, 0.6) is 0 Å². The van der Waals surface area contributed by atoms with Crippen molar-refractivity contribution in [1.82, 2.24) is 0 Å². The first-order valence-electron chi connectivity index (χ1n) is 13.2. The van der Waals surface area contributed by atoms with Gasteiger partial charge >= 0.3 is 5.97 Å². The zero-order valence-electron chi connectivity index (χ0n) is 21.2. The highest BCUT2D eigenvalue weighted by molar-refractivity contribution is 5.98. The Labute approximate surface area is 205 Å². The number of hydrogen-bond acceptors (Lipinski definition) is 7. The zero-order valence-corrected chi connectivity index (χ0v) is 21.2. The monoisotopic (exact) mass is 484 g/mol. The molecule has 3 saturated carbocycles. The van der Waals surface area contributed by atoms with Gasteiger partial charge in [0.2, 0.25) is 0 Å². The average molecular weight is 485 g/mol. The van der Waals surface area contributed by atoms with Crippen LogP contribution in [0.25, 0.3) is 0 Å². The molecule has 4 aliphatic carbocycles. The predicted molar refractivity (Wildman–Crippen MR) is 124 cm³/mol. The second-order valence-electron chi connectivity index (χ2n) is 13.1. The normalized spacial score (nSPS) is 57.3. The van der Waals surface area contributed by atoms with Gasteiger partial charge in [-0.3, -0.25) is 4.79 Å². The lowest BCUT2D eigenvalue weighted by atomic mass is 9.44. The van der Waals surface area contributed by atoms with Crippen LogP contribution in [-0.4, -0.2) is 63.2 Å². The van der Waals surface area contributed by atoms with Crippen molar-refractivity contribution in [2.75, 3.05) is 0 Å². The van der Waals surface area contributed by atoms with Crippen LogP contribution < -0.4 is 0 Å². The fourth-order valence-electron chi connectivity index (χ4n) is 9.98. The van der Waals surface area contributed by atoms with Crippen molar-refractivity contribution in [3.05, 3.63) is 23.3 Å². The lowest BCUT2D eigenvalue weighted by molar-refractivity contribution is -0.199. The van der Waals surface area contributed by atoms with Crippen molar-refractivity contribution in [2.45, 2.75) is 108 Å². The van der Waals surface area contributed by atoms with Gasteiger partial charge in [0.05, 0.1) is 17.6 Å². The molecule has 2 saturated heterocycles. The van der Waals surface area contributed by atoms with Crippen molar-refractivity contribution < 1.29 is 34.0 Å². The zero-order chi connectivity index (χ0) is 24.9. The molecule has 7 aliphatic rings. The van der Waals surface area contributed by atoms with E-state index in [2.05, 4.69) is 6.92 Å². The highest BCUT2D eigenvalue weighted by atomic mass is 16.6. The second-order valence-corrected chi connectivity index (χ2v) is 13.1. The lowest BCUT2D eigenvalue weighted by Crippen LogP contribution is -2.66. The van der Waals surface area contributed by atoms with Crippen LogP contribution in [-0.2, 0) is 23.8 Å². The summed E-state index contributed by atoms with van der Waals surface area (Å²) in [4.78, 5) is 25.9. The predicted octanol–water partition coefficient (Wildman–Crippen LogP) is 2.63. The number of aliphatic hydroxyl groups excluding tert-OH is 1. The maximum Gasteiger partial charge on any atom is 0.334 e. The van der Waals surface area contributed by atoms with Gasteiger partial charge in [-0.15, -0.1) is 0 Å². The molecule has 0 aromatic carbocycles. The van der Waals surface area contributed by atoms with Crippen LogP contribution >= 0.6 is 0 Å². The topological polar surface area (TPSA) is 109 Å². The van der Waals surface area contributed by atoms with E-state index in [9.17, 15) is 19.8 Å². The minimum atomic E-state index is -1.33. The maximum atomic E-state index is 13.3. The molecular formula is C28H36O7. The molecule has 5 fully saturated rings. The van der Waals surface area contributed by atoms with Crippen molar-refractivity contribution >= 4 is 11.8 Å². The van der Waals surface area contributed by atoms with E-state index in [1.54, 1.807) is 26.0 Å². The molecule has 12 unspecified atom stereocenters. The lowest BCUT2D eigenvalue weighted by Gasteiger charge is -2.59. The molecule has 0 aromatic heterocycles. The third-order valence-corrected chi connectivity index (χ3v) is 12.1. The van der Waals surface area contributed by atoms with E-state index in [4.69, 9.17) is 14.2 Å². The van der Waals surface area contributed by atoms with Gasteiger partial charge in [0, 0.05) is 17.4 Å². The standard InChI is InChI=1S/C28H36O7/c1-13-10-20(33-23(31)14(13)2)26(5,32)28-22(35-28)12-17-15-11-21-27(34-21)19(30)7-6-18(29)25(27,4)16(15)8-9-24(17,28)3/h6-7,15-17,19-22,30,32H,8-12H2,1-5H3. The Bertz CT molecular complexity index is 1120. The Morgan fingerprint density at radius 2 is 1.83 bits per heavy atom. The summed E-state index contributed by atoms with van der Waals surface area (Å²) in [6.45, 7) is 9.75. The summed E-state index contributed by atoms with van der Waals surface area (Å²) in [6, 6.07) is 0. The van der Waals surface area contributed by atoms with Gasteiger partial charge in [-0.2, -0.15) is 0 Å². The Morgan fingerprint density at radius 3 is 2.54 bits per heavy atom. The summed E-state index contributed by atoms with van der Waals surface area (Å²) in [5.74, 6) is 0.339. The van der Waals surface area contributed by atoms with Gasteiger partial charge in [-0.05, 0) is 83.3 Å². The van der Waals surface area contributed by atoms with Gasteiger partial charge in [0.15, 0.2) is 5.78 Å². The fraction of sp³-hybridized carbons (Fsp3) is 0.786. The van der Waals surface area contributed by atoms with E-state index in [1.807, 2.05) is 13.8 Å². The first-order chi connectivity index (χ1) is 16.4. The van der Waals surface area contributed by atoms with Gasteiger partial charge in [-0.25, -0.2) is 4.79 Å². The number of hydrogen-bond donors (Lipinski definition) is 2. The third-order valence-electron chi connectivity index (χ3n) is 12.1. The fourth-order valence-corrected chi connectivity index (χ4v) is 9.98. The Morgan fingerprint density at radius 1 is 1.09 bits per heavy atom. The Hall–Kier alpha value is -1.54. The molecule has 0 bridgehead atoms. The number of ether oxygens (including phenoxy) is 3.